The van der Waals surface area contributed by atoms with Crippen LogP contribution in [0.3, 0.4) is 0 Å². The van der Waals surface area contributed by atoms with Gasteiger partial charge in [-0.2, -0.15) is 5.10 Å². The van der Waals surface area contributed by atoms with Gasteiger partial charge < -0.3 is 10.1 Å². The highest BCUT2D eigenvalue weighted by atomic mass is 16.5. The molecule has 1 fully saturated rings. The third-order valence-corrected chi connectivity index (χ3v) is 4.96. The topological polar surface area (TPSA) is 71.0 Å². The van der Waals surface area contributed by atoms with Gasteiger partial charge in [-0.3, -0.25) is 4.79 Å². The predicted molar refractivity (Wildman–Crippen MR) is 119 cm³/mol. The lowest BCUT2D eigenvalue weighted by atomic mass is 9.83. The molecule has 1 aliphatic heterocycles. The lowest BCUT2D eigenvalue weighted by Gasteiger charge is -2.27. The van der Waals surface area contributed by atoms with Crippen LogP contribution in [-0.2, 0) is 10.3 Å². The van der Waals surface area contributed by atoms with E-state index >= 15 is 0 Å². The van der Waals surface area contributed by atoms with Gasteiger partial charge in [-0.15, -0.1) is 5.01 Å². The standard InChI is InChI=1S/C25H21N3O3/c1-2-16-31-22-15-9-10-19(17-22)18-26-28-23(29)25(27-24(28)30,20-11-5-3-6-12-20)21-13-7-4-8-14-21/h2-15,17-18H,1,16H2,(H,27,30)/b26-18-. The van der Waals surface area contributed by atoms with E-state index in [-0.39, 0.29) is 0 Å². The molecular formula is C25H21N3O3. The maximum absolute atomic E-state index is 13.6. The van der Waals surface area contributed by atoms with Crippen molar-refractivity contribution in [1.82, 2.24) is 10.3 Å². The molecule has 1 saturated heterocycles. The molecule has 154 valence electrons. The summed E-state index contributed by atoms with van der Waals surface area (Å²) in [5, 5.41) is 7.93. The third kappa shape index (κ3) is 3.83. The number of imide groups is 1. The minimum absolute atomic E-state index is 0.379. The molecule has 0 saturated carbocycles. The van der Waals surface area contributed by atoms with Crippen LogP contribution >= 0.6 is 0 Å². The van der Waals surface area contributed by atoms with E-state index in [9.17, 15) is 9.59 Å². The normalized spacial score (nSPS) is 15.2. The quantitative estimate of drug-likeness (QED) is 0.362. The zero-order valence-corrected chi connectivity index (χ0v) is 16.8. The first-order valence-electron chi connectivity index (χ1n) is 9.80. The van der Waals surface area contributed by atoms with E-state index in [0.29, 0.717) is 29.0 Å². The lowest BCUT2D eigenvalue weighted by Crippen LogP contribution is -2.44. The molecule has 1 N–H and O–H groups in total. The number of hydrazone groups is 1. The van der Waals surface area contributed by atoms with Crippen LogP contribution in [0.4, 0.5) is 4.79 Å². The van der Waals surface area contributed by atoms with E-state index in [4.69, 9.17) is 4.74 Å². The first-order valence-corrected chi connectivity index (χ1v) is 9.80. The Balaban J connectivity index is 1.69. The second kappa shape index (κ2) is 8.67. The highest BCUT2D eigenvalue weighted by molar-refractivity contribution is 6.09. The maximum Gasteiger partial charge on any atom is 0.346 e. The van der Waals surface area contributed by atoms with E-state index in [1.54, 1.807) is 12.1 Å². The molecule has 0 bridgehead atoms. The molecule has 0 aliphatic carbocycles. The zero-order valence-electron chi connectivity index (χ0n) is 16.8. The van der Waals surface area contributed by atoms with Crippen molar-refractivity contribution in [3.8, 4) is 5.75 Å². The molecule has 0 aromatic heterocycles. The molecule has 1 aliphatic rings. The highest BCUT2D eigenvalue weighted by Gasteiger charge is 2.54. The second-order valence-corrected chi connectivity index (χ2v) is 6.95. The van der Waals surface area contributed by atoms with Crippen molar-refractivity contribution < 1.29 is 14.3 Å². The van der Waals surface area contributed by atoms with Crippen LogP contribution in [0.15, 0.2) is 103 Å². The number of carbonyl (C=O) groups is 2. The Morgan fingerprint density at radius 1 is 0.935 bits per heavy atom. The largest absolute Gasteiger partial charge is 0.490 e. The minimum atomic E-state index is -1.34. The molecule has 6 nitrogen and oxygen atoms in total. The van der Waals surface area contributed by atoms with Gasteiger partial charge in [-0.05, 0) is 28.8 Å². The van der Waals surface area contributed by atoms with Gasteiger partial charge in [0.2, 0.25) is 0 Å². The lowest BCUT2D eigenvalue weighted by molar-refractivity contribution is -0.130. The van der Waals surface area contributed by atoms with Crippen molar-refractivity contribution in [2.24, 2.45) is 5.10 Å². The van der Waals surface area contributed by atoms with Gasteiger partial charge >= 0.3 is 6.03 Å². The van der Waals surface area contributed by atoms with E-state index in [0.717, 1.165) is 5.01 Å². The number of hydrogen-bond acceptors (Lipinski definition) is 4. The monoisotopic (exact) mass is 411 g/mol. The summed E-state index contributed by atoms with van der Waals surface area (Å²) in [5.74, 6) is 0.175. The van der Waals surface area contributed by atoms with Crippen LogP contribution in [0, 0.1) is 0 Å². The number of benzene rings is 3. The van der Waals surface area contributed by atoms with E-state index in [1.165, 1.54) is 6.21 Å². The van der Waals surface area contributed by atoms with Crippen LogP contribution in [0.25, 0.3) is 0 Å². The highest BCUT2D eigenvalue weighted by Crippen LogP contribution is 2.36. The number of urea groups is 1. The first-order chi connectivity index (χ1) is 15.1. The Morgan fingerprint density at radius 2 is 1.58 bits per heavy atom. The molecule has 6 heteroatoms. The Kier molecular flexibility index (Phi) is 5.62. The van der Waals surface area contributed by atoms with Crippen molar-refractivity contribution >= 4 is 18.2 Å². The summed E-state index contributed by atoms with van der Waals surface area (Å²) in [7, 11) is 0. The van der Waals surface area contributed by atoms with Crippen LogP contribution < -0.4 is 10.1 Å². The Bertz CT molecular complexity index is 1090. The van der Waals surface area contributed by atoms with E-state index < -0.39 is 17.5 Å². The van der Waals surface area contributed by atoms with Crippen LogP contribution in [0.2, 0.25) is 0 Å². The molecule has 3 amide bonds. The average Bonchev–Trinajstić information content (AvgIpc) is 3.08. The SMILES string of the molecule is C=CCOc1cccc(/C=N\N2C(=O)NC(c3ccccc3)(c3ccccc3)C2=O)c1. The van der Waals surface area contributed by atoms with Crippen molar-refractivity contribution in [1.29, 1.82) is 0 Å². The summed E-state index contributed by atoms with van der Waals surface area (Å²) in [6, 6.07) is 24.9. The Hall–Kier alpha value is -4.19. The van der Waals surface area contributed by atoms with Crippen molar-refractivity contribution in [3.05, 3.63) is 114 Å². The van der Waals surface area contributed by atoms with Gasteiger partial charge in [0, 0.05) is 0 Å². The fraction of sp³-hybridized carbons (Fsp3) is 0.0800. The molecule has 0 atom stereocenters. The fourth-order valence-corrected chi connectivity index (χ4v) is 3.52. The van der Waals surface area contributed by atoms with Crippen molar-refractivity contribution in [2.75, 3.05) is 6.61 Å². The van der Waals surface area contributed by atoms with Gasteiger partial charge in [0.1, 0.15) is 12.4 Å². The van der Waals surface area contributed by atoms with Gasteiger partial charge in [0.15, 0.2) is 5.54 Å². The summed E-state index contributed by atoms with van der Waals surface area (Å²) in [6.07, 6.45) is 3.12. The predicted octanol–water partition coefficient (Wildman–Crippen LogP) is 4.08. The smallest absolute Gasteiger partial charge is 0.346 e. The Labute approximate surface area is 180 Å². The number of carbonyl (C=O) groups excluding carboxylic acids is 2. The first kappa shape index (κ1) is 20.1. The molecular weight excluding hydrogens is 390 g/mol. The maximum atomic E-state index is 13.6. The van der Waals surface area contributed by atoms with Gasteiger partial charge in [0.05, 0.1) is 6.21 Å². The van der Waals surface area contributed by atoms with E-state index in [1.807, 2.05) is 78.9 Å². The summed E-state index contributed by atoms with van der Waals surface area (Å²) >= 11 is 0. The third-order valence-electron chi connectivity index (χ3n) is 4.96. The number of amides is 3. The Morgan fingerprint density at radius 3 is 2.19 bits per heavy atom. The van der Waals surface area contributed by atoms with Gasteiger partial charge in [-0.1, -0.05) is 85.5 Å². The molecule has 3 aromatic rings. The van der Waals surface area contributed by atoms with E-state index in [2.05, 4.69) is 17.0 Å². The summed E-state index contributed by atoms with van der Waals surface area (Å²) in [6.45, 7) is 4.01. The number of nitrogens with zero attached hydrogens (tertiary/aromatic N) is 2. The molecule has 0 radical (unpaired) electrons. The molecule has 31 heavy (non-hydrogen) atoms. The van der Waals surface area contributed by atoms with Gasteiger partial charge in [-0.25, -0.2) is 4.79 Å². The molecule has 3 aromatic carbocycles. The summed E-state index contributed by atoms with van der Waals surface area (Å²) in [5.41, 5.74) is 0.680. The minimum Gasteiger partial charge on any atom is -0.490 e. The van der Waals surface area contributed by atoms with Crippen molar-refractivity contribution in [3.63, 3.8) is 0 Å². The van der Waals surface area contributed by atoms with Crippen LogP contribution in [0.5, 0.6) is 5.75 Å². The molecule has 1 heterocycles. The number of rotatable bonds is 7. The molecule has 0 unspecified atom stereocenters. The summed E-state index contributed by atoms with van der Waals surface area (Å²) < 4.78 is 5.52. The average molecular weight is 411 g/mol. The van der Waals surface area contributed by atoms with Gasteiger partial charge in [0.25, 0.3) is 5.91 Å². The second-order valence-electron chi connectivity index (χ2n) is 6.95. The molecule has 4 rings (SSSR count). The number of hydrogen-bond donors (Lipinski definition) is 1. The zero-order chi connectivity index (χ0) is 21.7. The molecule has 0 spiro atoms. The van der Waals surface area contributed by atoms with Crippen LogP contribution in [-0.4, -0.2) is 29.8 Å². The van der Waals surface area contributed by atoms with Crippen LogP contribution in [0.1, 0.15) is 16.7 Å². The fourth-order valence-electron chi connectivity index (χ4n) is 3.52. The van der Waals surface area contributed by atoms with Crippen molar-refractivity contribution in [2.45, 2.75) is 5.54 Å². The summed E-state index contributed by atoms with van der Waals surface area (Å²) in [4.78, 5) is 26.4. The number of ether oxygens (including phenoxy) is 1. The number of nitrogens with one attached hydrogen (secondary N) is 1.